The second kappa shape index (κ2) is 10.7. The van der Waals surface area contributed by atoms with Gasteiger partial charge in [-0.1, -0.05) is 44.2 Å². The largest absolute Gasteiger partial charge is 0.508 e. The second-order valence-corrected chi connectivity index (χ2v) is 10.6. The molecule has 1 N–H and O–H groups in total. The Morgan fingerprint density at radius 2 is 1.71 bits per heavy atom. The van der Waals surface area contributed by atoms with Crippen molar-refractivity contribution in [1.82, 2.24) is 4.98 Å². The van der Waals surface area contributed by atoms with E-state index in [0.29, 0.717) is 23.5 Å². The molecule has 1 saturated carbocycles. The average molecular weight is 465 g/mol. The van der Waals surface area contributed by atoms with Crippen LogP contribution in [-0.4, -0.2) is 43.7 Å². The van der Waals surface area contributed by atoms with E-state index in [2.05, 4.69) is 29.3 Å². The van der Waals surface area contributed by atoms with Gasteiger partial charge in [0.2, 0.25) is 0 Å². The zero-order valence-electron chi connectivity index (χ0n) is 20.8. The topological polar surface area (TPSA) is 54.8 Å². The van der Waals surface area contributed by atoms with Crippen LogP contribution in [0.3, 0.4) is 0 Å². The van der Waals surface area contributed by atoms with E-state index in [1.807, 2.05) is 12.1 Å². The molecule has 1 saturated heterocycles. The lowest BCUT2D eigenvalue weighted by Gasteiger charge is -2.40. The van der Waals surface area contributed by atoms with Crippen molar-refractivity contribution in [2.24, 2.45) is 17.8 Å². The third-order valence-electron chi connectivity index (χ3n) is 8.74. The zero-order chi connectivity index (χ0) is 23.5. The number of phenolic OH excluding ortho intramolecular Hbond substituents is 1. The highest BCUT2D eigenvalue weighted by Crippen LogP contribution is 2.48. The molecule has 34 heavy (non-hydrogen) atoms. The van der Waals surface area contributed by atoms with Gasteiger partial charge in [0.05, 0.1) is 0 Å². The van der Waals surface area contributed by atoms with Crippen molar-refractivity contribution < 1.29 is 14.6 Å². The second-order valence-electron chi connectivity index (χ2n) is 10.6. The molecule has 1 aromatic carbocycles. The predicted molar refractivity (Wildman–Crippen MR) is 135 cm³/mol. The maximum Gasteiger partial charge on any atom is 0.159 e. The minimum atomic E-state index is -0.111. The summed E-state index contributed by atoms with van der Waals surface area (Å²) in [5, 5.41) is 10.1. The van der Waals surface area contributed by atoms with Gasteiger partial charge in [-0.15, -0.1) is 0 Å². The van der Waals surface area contributed by atoms with Crippen LogP contribution in [-0.2, 0) is 15.9 Å². The molecule has 2 aliphatic carbocycles. The molecule has 0 amide bonds. The molecule has 184 valence electrons. The molecule has 0 radical (unpaired) electrons. The van der Waals surface area contributed by atoms with E-state index in [1.165, 1.54) is 55.2 Å². The van der Waals surface area contributed by atoms with Gasteiger partial charge in [0.25, 0.3) is 0 Å². The van der Waals surface area contributed by atoms with E-state index >= 15 is 0 Å². The van der Waals surface area contributed by atoms with Crippen molar-refractivity contribution in [3.8, 4) is 5.75 Å². The summed E-state index contributed by atoms with van der Waals surface area (Å²) in [7, 11) is 3.46. The number of phenols is 1. The Hall–Kier alpha value is -2.11. The number of aromatic nitrogens is 1. The summed E-state index contributed by atoms with van der Waals surface area (Å²) in [5.74, 6) is 3.75. The SMILES string of the molecule is COC(OC)C1CCN(c2ccc([C@H]3c4ccc(O)cc4CC[C@H]3C3CCCCC3)cn2)CC1. The summed E-state index contributed by atoms with van der Waals surface area (Å²) in [6.45, 7) is 1.97. The molecule has 5 rings (SSSR count). The maximum atomic E-state index is 10.1. The number of hydrogen-bond donors (Lipinski definition) is 1. The fourth-order valence-corrected chi connectivity index (χ4v) is 6.98. The average Bonchev–Trinajstić information content (AvgIpc) is 2.90. The molecule has 2 heterocycles. The lowest BCUT2D eigenvalue weighted by atomic mass is 9.64. The molecule has 0 unspecified atom stereocenters. The number of hydrogen-bond acceptors (Lipinski definition) is 5. The summed E-state index contributed by atoms with van der Waals surface area (Å²) < 4.78 is 11.0. The van der Waals surface area contributed by atoms with Crippen LogP contribution in [0.5, 0.6) is 5.75 Å². The maximum absolute atomic E-state index is 10.1. The monoisotopic (exact) mass is 464 g/mol. The van der Waals surface area contributed by atoms with Crippen molar-refractivity contribution >= 4 is 5.82 Å². The first-order chi connectivity index (χ1) is 16.7. The molecule has 2 atom stereocenters. The summed E-state index contributed by atoms with van der Waals surface area (Å²) in [4.78, 5) is 7.37. The fraction of sp³-hybridized carbons (Fsp3) is 0.621. The number of rotatable bonds is 6. The van der Waals surface area contributed by atoms with Crippen molar-refractivity contribution in [3.05, 3.63) is 53.2 Å². The predicted octanol–water partition coefficient (Wildman–Crippen LogP) is 5.90. The van der Waals surface area contributed by atoms with Crippen molar-refractivity contribution in [3.63, 3.8) is 0 Å². The summed E-state index contributed by atoms with van der Waals surface area (Å²) in [6, 6.07) is 10.6. The van der Waals surface area contributed by atoms with E-state index in [9.17, 15) is 5.11 Å². The van der Waals surface area contributed by atoms with E-state index < -0.39 is 0 Å². The van der Waals surface area contributed by atoms with Gasteiger partial charge in [-0.25, -0.2) is 4.98 Å². The Balaban J connectivity index is 1.36. The Kier molecular flexibility index (Phi) is 7.40. The van der Waals surface area contributed by atoms with Gasteiger partial charge in [-0.3, -0.25) is 0 Å². The van der Waals surface area contributed by atoms with Crippen LogP contribution in [0.1, 0.15) is 74.0 Å². The smallest absolute Gasteiger partial charge is 0.159 e. The molecule has 5 nitrogen and oxygen atoms in total. The number of fused-ring (bicyclic) bond motifs is 1. The number of aromatic hydroxyl groups is 1. The van der Waals surface area contributed by atoms with Crippen LogP contribution in [0, 0.1) is 17.8 Å². The van der Waals surface area contributed by atoms with Crippen LogP contribution in [0.4, 0.5) is 5.82 Å². The van der Waals surface area contributed by atoms with Crippen LogP contribution in [0.25, 0.3) is 0 Å². The van der Waals surface area contributed by atoms with Crippen molar-refractivity contribution in [2.75, 3.05) is 32.2 Å². The van der Waals surface area contributed by atoms with E-state index in [4.69, 9.17) is 14.5 Å². The number of pyridine rings is 1. The Bertz CT molecular complexity index is 929. The van der Waals surface area contributed by atoms with Gasteiger partial charge in [-0.05, 0) is 72.4 Å². The number of anilines is 1. The Labute approximate surface area is 204 Å². The Morgan fingerprint density at radius 3 is 2.38 bits per heavy atom. The highest BCUT2D eigenvalue weighted by Gasteiger charge is 2.37. The molecular formula is C29H40N2O3. The zero-order valence-corrected chi connectivity index (χ0v) is 20.8. The molecular weight excluding hydrogens is 424 g/mol. The third kappa shape index (κ3) is 4.83. The minimum Gasteiger partial charge on any atom is -0.508 e. The van der Waals surface area contributed by atoms with Gasteiger partial charge < -0.3 is 19.5 Å². The number of nitrogens with zero attached hydrogens (tertiary/aromatic N) is 2. The van der Waals surface area contributed by atoms with Crippen LogP contribution < -0.4 is 4.90 Å². The van der Waals surface area contributed by atoms with E-state index in [0.717, 1.165) is 44.1 Å². The third-order valence-corrected chi connectivity index (χ3v) is 8.74. The van der Waals surface area contributed by atoms with Gasteiger partial charge in [0.1, 0.15) is 11.6 Å². The first-order valence-corrected chi connectivity index (χ1v) is 13.3. The van der Waals surface area contributed by atoms with Crippen molar-refractivity contribution in [2.45, 2.75) is 70.0 Å². The van der Waals surface area contributed by atoms with Crippen molar-refractivity contribution in [1.29, 1.82) is 0 Å². The summed E-state index contributed by atoms with van der Waals surface area (Å²) in [5.41, 5.74) is 4.05. The number of aryl methyl sites for hydroxylation is 1. The first kappa shape index (κ1) is 23.6. The standard InChI is InChI=1S/C29H40N2O3/c1-33-29(34-2)21-14-16-31(17-15-21)27-13-9-23(19-30-27)28-25(20-6-4-3-5-7-20)11-8-22-18-24(32)10-12-26(22)28/h9-10,12-13,18-21,25,28-29,32H,3-8,11,14-17H2,1-2H3/t25-,28+/m0/s1. The lowest BCUT2D eigenvalue weighted by Crippen LogP contribution is -2.39. The molecule has 3 aliphatic rings. The number of methoxy groups -OCH3 is 2. The number of benzene rings is 1. The highest BCUT2D eigenvalue weighted by atomic mass is 16.7. The van der Waals surface area contributed by atoms with Gasteiger partial charge >= 0.3 is 0 Å². The minimum absolute atomic E-state index is 0.111. The quantitative estimate of drug-likeness (QED) is 0.540. The van der Waals surface area contributed by atoms with Crippen LogP contribution in [0.2, 0.25) is 0 Å². The summed E-state index contributed by atoms with van der Waals surface area (Å²) in [6.07, 6.45) is 13.3. The molecule has 2 fully saturated rings. The molecule has 2 aromatic rings. The first-order valence-electron chi connectivity index (χ1n) is 13.3. The molecule has 1 aromatic heterocycles. The van der Waals surface area contributed by atoms with E-state index in [1.54, 1.807) is 14.2 Å². The molecule has 0 spiro atoms. The fourth-order valence-electron chi connectivity index (χ4n) is 6.98. The van der Waals surface area contributed by atoms with E-state index in [-0.39, 0.29) is 6.29 Å². The van der Waals surface area contributed by atoms with Gasteiger partial charge in [0.15, 0.2) is 6.29 Å². The highest BCUT2D eigenvalue weighted by molar-refractivity contribution is 5.46. The lowest BCUT2D eigenvalue weighted by molar-refractivity contribution is -0.141. The summed E-state index contributed by atoms with van der Waals surface area (Å²) >= 11 is 0. The van der Waals surface area contributed by atoms with Gasteiger partial charge in [0, 0.05) is 45.3 Å². The van der Waals surface area contributed by atoms with Gasteiger partial charge in [-0.2, -0.15) is 0 Å². The normalized spacial score (nSPS) is 24.4. The van der Waals surface area contributed by atoms with Crippen LogP contribution in [0.15, 0.2) is 36.5 Å². The molecule has 5 heteroatoms. The number of piperidine rings is 1. The molecule has 0 bridgehead atoms. The Morgan fingerprint density at radius 1 is 0.941 bits per heavy atom. The number of ether oxygens (including phenoxy) is 2. The van der Waals surface area contributed by atoms with Crippen LogP contribution >= 0.6 is 0 Å². The molecule has 1 aliphatic heterocycles.